The molecule has 1 atom stereocenters. The number of halogens is 2. The summed E-state index contributed by atoms with van der Waals surface area (Å²) in [5.74, 6) is -0.281. The standard InChI is InChI=1S/C11H12FNO2.ClH/c1-7-2-3-8(12)6-9(7)10-4-5-15-11(14)13-10;/h2-3,6,10H,4-5H2,1H3,(H,13,14);1H/t10-;/m1./s1. The summed E-state index contributed by atoms with van der Waals surface area (Å²) in [5, 5.41) is 2.67. The van der Waals surface area contributed by atoms with E-state index in [-0.39, 0.29) is 24.3 Å². The number of aryl methyl sites for hydroxylation is 1. The summed E-state index contributed by atoms with van der Waals surface area (Å²) < 4.78 is 17.8. The Morgan fingerprint density at radius 2 is 2.25 bits per heavy atom. The number of carbonyl (C=O) groups is 1. The molecule has 1 N–H and O–H groups in total. The van der Waals surface area contributed by atoms with Crippen molar-refractivity contribution in [1.82, 2.24) is 5.32 Å². The average molecular weight is 246 g/mol. The molecule has 0 saturated carbocycles. The van der Waals surface area contributed by atoms with E-state index >= 15 is 0 Å². The van der Waals surface area contributed by atoms with Crippen LogP contribution in [0.1, 0.15) is 23.6 Å². The van der Waals surface area contributed by atoms with Gasteiger partial charge in [-0.1, -0.05) is 6.07 Å². The van der Waals surface area contributed by atoms with E-state index in [4.69, 9.17) is 4.74 Å². The molecular weight excluding hydrogens is 233 g/mol. The maximum Gasteiger partial charge on any atom is 0.407 e. The second-order valence-corrected chi connectivity index (χ2v) is 3.62. The average Bonchev–Trinajstić information content (AvgIpc) is 2.22. The van der Waals surface area contributed by atoms with Crippen molar-refractivity contribution in [1.29, 1.82) is 0 Å². The summed E-state index contributed by atoms with van der Waals surface area (Å²) in [6.45, 7) is 2.28. The summed E-state index contributed by atoms with van der Waals surface area (Å²) in [6.07, 6.45) is 0.241. The van der Waals surface area contributed by atoms with Gasteiger partial charge in [0.15, 0.2) is 0 Å². The lowest BCUT2D eigenvalue weighted by Gasteiger charge is -2.24. The van der Waals surface area contributed by atoms with Gasteiger partial charge in [-0.25, -0.2) is 9.18 Å². The zero-order valence-corrected chi connectivity index (χ0v) is 9.64. The van der Waals surface area contributed by atoms with Gasteiger partial charge in [0.25, 0.3) is 0 Å². The van der Waals surface area contributed by atoms with Crippen molar-refractivity contribution >= 4 is 18.5 Å². The van der Waals surface area contributed by atoms with Gasteiger partial charge >= 0.3 is 6.09 Å². The van der Waals surface area contributed by atoms with E-state index in [9.17, 15) is 9.18 Å². The molecule has 3 nitrogen and oxygen atoms in total. The summed E-state index contributed by atoms with van der Waals surface area (Å²) in [4.78, 5) is 11.0. The van der Waals surface area contributed by atoms with Gasteiger partial charge in [0, 0.05) is 6.42 Å². The molecule has 1 aromatic carbocycles. The highest BCUT2D eigenvalue weighted by atomic mass is 35.5. The minimum atomic E-state index is -0.435. The second-order valence-electron chi connectivity index (χ2n) is 3.62. The summed E-state index contributed by atoms with van der Waals surface area (Å²) >= 11 is 0. The van der Waals surface area contributed by atoms with Crippen molar-refractivity contribution in [2.24, 2.45) is 0 Å². The van der Waals surface area contributed by atoms with E-state index in [0.717, 1.165) is 11.1 Å². The van der Waals surface area contributed by atoms with Gasteiger partial charge in [-0.05, 0) is 30.2 Å². The third-order valence-corrected chi connectivity index (χ3v) is 2.55. The Morgan fingerprint density at radius 1 is 1.50 bits per heavy atom. The highest BCUT2D eigenvalue weighted by Crippen LogP contribution is 2.23. The number of cyclic esters (lactones) is 1. The molecule has 1 aliphatic heterocycles. The van der Waals surface area contributed by atoms with E-state index in [1.54, 1.807) is 6.07 Å². The number of alkyl carbamates (subject to hydrolysis) is 1. The van der Waals surface area contributed by atoms with Gasteiger partial charge in [0.05, 0.1) is 12.6 Å². The van der Waals surface area contributed by atoms with Gasteiger partial charge in [-0.2, -0.15) is 0 Å². The molecule has 0 unspecified atom stereocenters. The predicted octanol–water partition coefficient (Wildman–Crippen LogP) is 2.73. The van der Waals surface area contributed by atoms with Crippen LogP contribution in [0.2, 0.25) is 0 Å². The lowest BCUT2D eigenvalue weighted by Crippen LogP contribution is -2.35. The van der Waals surface area contributed by atoms with Crippen LogP contribution in [0.4, 0.5) is 9.18 Å². The number of nitrogens with one attached hydrogen (secondary N) is 1. The van der Waals surface area contributed by atoms with Crippen LogP contribution >= 0.6 is 12.4 Å². The second kappa shape index (κ2) is 5.16. The Bertz CT molecular complexity index is 398. The molecule has 0 radical (unpaired) electrons. The Morgan fingerprint density at radius 3 is 2.94 bits per heavy atom. The highest BCUT2D eigenvalue weighted by molar-refractivity contribution is 5.85. The van der Waals surface area contributed by atoms with Crippen LogP contribution in [0.3, 0.4) is 0 Å². The number of hydrogen-bond donors (Lipinski definition) is 1. The molecule has 0 bridgehead atoms. The van der Waals surface area contributed by atoms with E-state index in [1.165, 1.54) is 12.1 Å². The molecular formula is C11H13ClFNO2. The lowest BCUT2D eigenvalue weighted by molar-refractivity contribution is 0.115. The topological polar surface area (TPSA) is 38.3 Å². The SMILES string of the molecule is Cc1ccc(F)cc1[C@H]1CCOC(=O)N1.Cl. The van der Waals surface area contributed by atoms with Crippen LogP contribution in [-0.4, -0.2) is 12.7 Å². The fourth-order valence-corrected chi connectivity index (χ4v) is 1.75. The molecule has 1 fully saturated rings. The Kier molecular flexibility index (Phi) is 4.12. The molecule has 1 heterocycles. The van der Waals surface area contributed by atoms with Crippen LogP contribution in [0.25, 0.3) is 0 Å². The maximum atomic E-state index is 13.1. The molecule has 2 rings (SSSR count). The largest absolute Gasteiger partial charge is 0.449 e. The minimum Gasteiger partial charge on any atom is -0.449 e. The van der Waals surface area contributed by atoms with Crippen molar-refractivity contribution in [3.8, 4) is 0 Å². The predicted molar refractivity (Wildman–Crippen MR) is 60.2 cm³/mol. The smallest absolute Gasteiger partial charge is 0.407 e. The molecule has 1 aliphatic rings. The summed E-state index contributed by atoms with van der Waals surface area (Å²) in [7, 11) is 0. The number of ether oxygens (including phenoxy) is 1. The van der Waals surface area contributed by atoms with Gasteiger partial charge in [-0.15, -0.1) is 12.4 Å². The van der Waals surface area contributed by atoms with Crippen molar-refractivity contribution in [3.05, 3.63) is 35.1 Å². The molecule has 0 aromatic heterocycles. The molecule has 1 amide bonds. The molecule has 1 saturated heterocycles. The van der Waals surface area contributed by atoms with E-state index < -0.39 is 6.09 Å². The number of rotatable bonds is 1. The molecule has 5 heteroatoms. The van der Waals surface area contributed by atoms with Gasteiger partial charge < -0.3 is 10.1 Å². The van der Waals surface area contributed by atoms with Crippen molar-refractivity contribution in [3.63, 3.8) is 0 Å². The van der Waals surface area contributed by atoms with Crippen LogP contribution in [0.15, 0.2) is 18.2 Å². The van der Waals surface area contributed by atoms with Crippen LogP contribution in [0, 0.1) is 12.7 Å². The van der Waals surface area contributed by atoms with Crippen LogP contribution < -0.4 is 5.32 Å². The Hall–Kier alpha value is -1.29. The first kappa shape index (κ1) is 12.8. The maximum absolute atomic E-state index is 13.1. The summed E-state index contributed by atoms with van der Waals surface area (Å²) in [5.41, 5.74) is 1.80. The van der Waals surface area contributed by atoms with E-state index in [1.807, 2.05) is 6.92 Å². The molecule has 88 valence electrons. The minimum absolute atomic E-state index is 0. The normalized spacial score (nSPS) is 19.4. The quantitative estimate of drug-likeness (QED) is 0.826. The van der Waals surface area contributed by atoms with E-state index in [2.05, 4.69) is 5.32 Å². The fraction of sp³-hybridized carbons (Fsp3) is 0.364. The third kappa shape index (κ3) is 2.64. The first-order valence-electron chi connectivity index (χ1n) is 4.86. The van der Waals surface area contributed by atoms with Crippen molar-refractivity contribution < 1.29 is 13.9 Å². The Labute approximate surface area is 99.4 Å². The van der Waals surface area contributed by atoms with Gasteiger partial charge in [0.1, 0.15) is 5.82 Å². The molecule has 0 spiro atoms. The zero-order valence-electron chi connectivity index (χ0n) is 8.83. The number of carbonyl (C=O) groups excluding carboxylic acids is 1. The first-order chi connectivity index (χ1) is 7.16. The zero-order chi connectivity index (χ0) is 10.8. The molecule has 16 heavy (non-hydrogen) atoms. The van der Waals surface area contributed by atoms with Crippen LogP contribution in [0.5, 0.6) is 0 Å². The Balaban J connectivity index is 0.00000128. The van der Waals surface area contributed by atoms with Crippen LogP contribution in [-0.2, 0) is 4.74 Å². The lowest BCUT2D eigenvalue weighted by atomic mass is 9.98. The monoisotopic (exact) mass is 245 g/mol. The first-order valence-corrected chi connectivity index (χ1v) is 4.86. The van der Waals surface area contributed by atoms with Gasteiger partial charge in [-0.3, -0.25) is 0 Å². The number of amides is 1. The number of hydrogen-bond acceptors (Lipinski definition) is 2. The van der Waals surface area contributed by atoms with Crippen molar-refractivity contribution in [2.45, 2.75) is 19.4 Å². The fourth-order valence-electron chi connectivity index (χ4n) is 1.75. The van der Waals surface area contributed by atoms with Gasteiger partial charge in [0.2, 0.25) is 0 Å². The van der Waals surface area contributed by atoms with Crippen molar-refractivity contribution in [2.75, 3.05) is 6.61 Å². The molecule has 1 aromatic rings. The summed E-state index contributed by atoms with van der Waals surface area (Å²) in [6, 6.07) is 4.46. The highest BCUT2D eigenvalue weighted by Gasteiger charge is 2.22. The number of benzene rings is 1. The third-order valence-electron chi connectivity index (χ3n) is 2.55. The molecule has 0 aliphatic carbocycles. The van der Waals surface area contributed by atoms with E-state index in [0.29, 0.717) is 13.0 Å².